The van der Waals surface area contributed by atoms with Gasteiger partial charge in [0.05, 0.1) is 184 Å². The summed E-state index contributed by atoms with van der Waals surface area (Å²) in [5.41, 5.74) is 14.4. The Bertz CT molecular complexity index is 4910. The maximum atomic E-state index is 12.7. The van der Waals surface area contributed by atoms with Gasteiger partial charge in [0.25, 0.3) is 23.6 Å². The first-order valence-electron chi connectivity index (χ1n) is 34.7. The van der Waals surface area contributed by atoms with Crippen molar-refractivity contribution in [3.63, 3.8) is 0 Å². The minimum absolute atomic E-state index is 0.177. The molecule has 30 heteroatoms. The first kappa shape index (κ1) is 85.2. The van der Waals surface area contributed by atoms with E-state index in [1.165, 1.54) is 113 Å². The molecule has 0 aliphatic carbocycles. The number of nitrogen functional groups attached to an aromatic ring is 1. The maximum Gasteiger partial charge on any atom is 0.341 e. The van der Waals surface area contributed by atoms with Crippen molar-refractivity contribution < 1.29 is 109 Å². The molecule has 5 amide bonds. The van der Waals surface area contributed by atoms with Crippen LogP contribution in [0.5, 0.6) is 92.0 Å². The number of β-lactam (4-membered cyclic amide) rings is 4. The largest absolute Gasteiger partial charge is 0.496 e. The van der Waals surface area contributed by atoms with Gasteiger partial charge in [-0.15, -0.1) is 0 Å². The summed E-state index contributed by atoms with van der Waals surface area (Å²) in [6, 6.07) is 33.2. The number of nitrogens with one attached hydrogen (secondary N) is 1. The Morgan fingerprint density at radius 3 is 0.870 bits per heavy atom. The predicted octanol–water partition coefficient (Wildman–Crippen LogP) is 13.6. The van der Waals surface area contributed by atoms with Gasteiger partial charge in [0.15, 0.2) is 46.0 Å². The normalized spacial score (nSPS) is 15.6. The minimum atomic E-state index is -0.538. The Labute approximate surface area is 670 Å². The lowest BCUT2D eigenvalue weighted by Crippen LogP contribution is -2.48. The number of esters is 1. The first-order chi connectivity index (χ1) is 55.2. The number of rotatable bonds is 27. The molecular formula is C85H89ClN6O23. The molecule has 4 atom stereocenters. The van der Waals surface area contributed by atoms with Crippen molar-refractivity contribution in [2.75, 3.05) is 152 Å². The van der Waals surface area contributed by atoms with Crippen molar-refractivity contribution in [2.45, 2.75) is 24.2 Å². The number of carbonyl (C=O) groups is 6. The molecule has 29 nitrogen and oxygen atoms in total. The van der Waals surface area contributed by atoms with Gasteiger partial charge in [-0.05, 0) is 76.9 Å². The molecule has 12 rings (SSSR count). The van der Waals surface area contributed by atoms with Crippen LogP contribution in [0.2, 0.25) is 5.02 Å². The highest BCUT2D eigenvalue weighted by Gasteiger charge is 2.48. The Morgan fingerprint density at radius 2 is 0.609 bits per heavy atom. The molecule has 115 heavy (non-hydrogen) atoms. The van der Waals surface area contributed by atoms with Crippen molar-refractivity contribution in [1.82, 2.24) is 0 Å². The molecule has 604 valence electrons. The van der Waals surface area contributed by atoms with Crippen LogP contribution < -0.4 is 106 Å². The molecule has 4 heterocycles. The van der Waals surface area contributed by atoms with Crippen LogP contribution in [-0.4, -0.2) is 156 Å². The summed E-state index contributed by atoms with van der Waals surface area (Å²) in [7, 11) is 25.6. The number of methoxy groups -OCH3 is 17. The standard InChI is InChI=1S/C23H24N2O6.C22H23NO7.C20H20ClNO5.C20H22N2O5/c1-7-20(26)24-16-10-14(8-9-17(16)28-3)21-13(2)23(27)25(21)15-11-18(29-4)22(31-6)19(12-15)30-5;1-12-19(13-7-8-16(26-2)15(9-13)22(25)30-6)23(21(12)24)14-10-17(27-3)20(29-5)18(11-14)28-4;2*1-11-18(12-6-7-15(24-2)14(21)8-12)22(20(11)23)13-9-16(25-3)19(27-5)17(10-13)26-4/h7-12,21H,1-2H2,3-6H3,(H,24,26);7-11,19H,1H2,2-6H3;6-10,18H,1H2,2-5H3;6-10,18H,1,21H2,2-5H3/t21-;19-;2*18-/m1111/s1. The van der Waals surface area contributed by atoms with Gasteiger partial charge < -0.3 is 91.6 Å². The Balaban J connectivity index is 0.000000176. The highest BCUT2D eigenvalue weighted by Crippen LogP contribution is 2.54. The van der Waals surface area contributed by atoms with Gasteiger partial charge in [-0.3, -0.25) is 43.6 Å². The highest BCUT2D eigenvalue weighted by molar-refractivity contribution is 6.32. The van der Waals surface area contributed by atoms with E-state index in [4.69, 9.17) is 97.9 Å². The zero-order valence-electron chi connectivity index (χ0n) is 66.6. The molecule has 0 spiro atoms. The molecule has 4 fully saturated rings. The molecule has 8 aromatic rings. The van der Waals surface area contributed by atoms with E-state index in [0.29, 0.717) is 159 Å². The number of amides is 5. The summed E-state index contributed by atoms with van der Waals surface area (Å²) in [4.78, 5) is 80.9. The summed E-state index contributed by atoms with van der Waals surface area (Å²) in [5, 5.41) is 3.18. The predicted molar refractivity (Wildman–Crippen MR) is 433 cm³/mol. The summed E-state index contributed by atoms with van der Waals surface area (Å²) in [6.45, 7) is 19.1. The smallest absolute Gasteiger partial charge is 0.341 e. The highest BCUT2D eigenvalue weighted by atomic mass is 35.5. The third kappa shape index (κ3) is 16.5. The van der Waals surface area contributed by atoms with Crippen molar-refractivity contribution in [1.29, 1.82) is 0 Å². The number of halogens is 1. The molecule has 0 saturated carbocycles. The quantitative estimate of drug-likeness (QED) is 0.0209. The van der Waals surface area contributed by atoms with Crippen LogP contribution in [0.15, 0.2) is 183 Å². The van der Waals surface area contributed by atoms with Crippen molar-refractivity contribution >= 4 is 81.2 Å². The van der Waals surface area contributed by atoms with Crippen LogP contribution >= 0.6 is 11.6 Å². The number of benzene rings is 8. The van der Waals surface area contributed by atoms with Gasteiger partial charge in [0, 0.05) is 70.8 Å². The zero-order valence-corrected chi connectivity index (χ0v) is 67.4. The van der Waals surface area contributed by atoms with Crippen LogP contribution in [-0.2, 0) is 28.7 Å². The minimum Gasteiger partial charge on any atom is -0.496 e. The van der Waals surface area contributed by atoms with Gasteiger partial charge in [-0.1, -0.05) is 68.8 Å². The van der Waals surface area contributed by atoms with E-state index >= 15 is 0 Å². The summed E-state index contributed by atoms with van der Waals surface area (Å²) in [5.74, 6) is 5.56. The molecule has 4 saturated heterocycles. The second-order valence-corrected chi connectivity index (χ2v) is 25.4. The molecule has 0 bridgehead atoms. The number of nitrogens with two attached hydrogens (primary N) is 1. The lowest BCUT2D eigenvalue weighted by molar-refractivity contribution is -0.119. The molecule has 3 N–H and O–H groups in total. The number of ether oxygens (including phenoxy) is 17. The molecule has 0 aromatic heterocycles. The van der Waals surface area contributed by atoms with E-state index < -0.39 is 18.1 Å². The van der Waals surface area contributed by atoms with Gasteiger partial charge in [-0.2, -0.15) is 0 Å². The first-order valence-corrected chi connectivity index (χ1v) is 35.1. The van der Waals surface area contributed by atoms with E-state index in [1.807, 2.05) is 18.2 Å². The van der Waals surface area contributed by atoms with Crippen molar-refractivity contribution in [2.24, 2.45) is 0 Å². The monoisotopic (exact) mass is 1600 g/mol. The van der Waals surface area contributed by atoms with Gasteiger partial charge in [0.1, 0.15) is 28.6 Å². The van der Waals surface area contributed by atoms with Gasteiger partial charge >= 0.3 is 5.97 Å². The second-order valence-electron chi connectivity index (χ2n) is 24.9. The Hall–Kier alpha value is -13.8. The van der Waals surface area contributed by atoms with E-state index in [0.717, 1.165) is 16.7 Å². The molecular weight excluding hydrogens is 1510 g/mol. The fourth-order valence-corrected chi connectivity index (χ4v) is 13.6. The molecule has 0 radical (unpaired) electrons. The number of hydrogen-bond acceptors (Lipinski definition) is 24. The van der Waals surface area contributed by atoms with Gasteiger partial charge in [0.2, 0.25) is 28.9 Å². The number of carbonyl (C=O) groups excluding carboxylic acids is 6. The maximum absolute atomic E-state index is 12.7. The van der Waals surface area contributed by atoms with E-state index in [-0.39, 0.29) is 47.2 Å². The molecule has 0 unspecified atom stereocenters. The summed E-state index contributed by atoms with van der Waals surface area (Å²) >= 11 is 6.25. The number of nitrogens with zero attached hydrogens (tertiary/aromatic N) is 4. The average molecular weight is 1600 g/mol. The fourth-order valence-electron chi connectivity index (χ4n) is 13.3. The SMILES string of the molecule is C=C1C(=O)N(c2cc(OC)c(OC)c(OC)c2)[C@H]1c1ccc(OC)c(C(=O)OC)c1.C=C1C(=O)N(c2cc(OC)c(OC)c(OC)c2)[C@H]1c1ccc(OC)c(Cl)c1.C=C1C(=O)N(c2cc(OC)c(OC)c(OC)c2)[C@H]1c1ccc(OC)c(N)c1.C=CC(=O)Nc1cc([C@H]2C(=C)C(=O)N2c2cc(OC)c(OC)c(OC)c2)ccc1OC. The molecule has 8 aromatic carbocycles. The number of anilines is 6. The van der Waals surface area contributed by atoms with Gasteiger partial charge in [-0.25, -0.2) is 4.79 Å². The van der Waals surface area contributed by atoms with Crippen LogP contribution in [0.4, 0.5) is 34.1 Å². The molecule has 4 aliphatic heterocycles. The Kier molecular flexibility index (Phi) is 27.4. The van der Waals surface area contributed by atoms with Crippen molar-refractivity contribution in [3.05, 3.63) is 215 Å². The summed E-state index contributed by atoms with van der Waals surface area (Å²) in [6.07, 6.45) is 1.17. The van der Waals surface area contributed by atoms with Crippen molar-refractivity contribution in [3.8, 4) is 92.0 Å². The van der Waals surface area contributed by atoms with E-state index in [1.54, 1.807) is 137 Å². The molecule has 4 aliphatic rings. The Morgan fingerprint density at radius 1 is 0.348 bits per heavy atom. The van der Waals surface area contributed by atoms with E-state index in [9.17, 15) is 28.8 Å². The average Bonchev–Trinajstić information content (AvgIpc) is 0.755. The second kappa shape index (κ2) is 37.0. The van der Waals surface area contributed by atoms with Crippen LogP contribution in [0.3, 0.4) is 0 Å². The van der Waals surface area contributed by atoms with Crippen LogP contribution in [0.25, 0.3) is 0 Å². The fraction of sp³-hybridized carbons (Fsp3) is 0.247. The van der Waals surface area contributed by atoms with Crippen LogP contribution in [0, 0.1) is 0 Å². The van der Waals surface area contributed by atoms with E-state index in [2.05, 4.69) is 38.2 Å². The third-order valence-corrected chi connectivity index (χ3v) is 19.3. The lowest BCUT2D eigenvalue weighted by atomic mass is 9.87. The lowest BCUT2D eigenvalue weighted by Gasteiger charge is -2.43. The number of hydrogen-bond donors (Lipinski definition) is 2. The summed E-state index contributed by atoms with van der Waals surface area (Å²) < 4.78 is 90.4. The zero-order chi connectivity index (χ0) is 84.1. The van der Waals surface area contributed by atoms with Crippen LogP contribution in [0.1, 0.15) is 56.8 Å². The topological polar surface area (TPSA) is 310 Å². The third-order valence-electron chi connectivity index (χ3n) is 19.0.